The smallest absolute Gasteiger partial charge is 0.462 e. The summed E-state index contributed by atoms with van der Waals surface area (Å²) < 4.78 is 68.5. The van der Waals surface area contributed by atoms with E-state index in [4.69, 9.17) is 37.0 Å². The fraction of sp³-hybridized carbons (Fsp3) is 0.551. The summed E-state index contributed by atoms with van der Waals surface area (Å²) in [6.45, 7) is 4.18. The van der Waals surface area contributed by atoms with Crippen LogP contribution in [0.5, 0.6) is 0 Å². The maximum atomic E-state index is 13.1. The van der Waals surface area contributed by atoms with Crippen molar-refractivity contribution >= 4 is 39.5 Å². The van der Waals surface area contributed by atoms with E-state index >= 15 is 0 Å². The maximum Gasteiger partial charge on any atom is 0.472 e. The third-order valence-corrected chi connectivity index (χ3v) is 17.3. The molecule has 5 unspecified atom stereocenters. The number of aliphatic hydroxyl groups is 1. The second-order valence-electron chi connectivity index (χ2n) is 25.5. The molecule has 0 saturated heterocycles. The lowest BCUT2D eigenvalue weighted by Gasteiger charge is -2.21. The minimum absolute atomic E-state index is 0.0160. The molecule has 0 aliphatic rings. The van der Waals surface area contributed by atoms with Gasteiger partial charge in [0.1, 0.15) is 19.3 Å². The van der Waals surface area contributed by atoms with Gasteiger partial charge in [-0.25, -0.2) is 9.13 Å². The number of rotatable bonds is 72. The van der Waals surface area contributed by atoms with Crippen molar-refractivity contribution in [3.05, 3.63) is 219 Å². The third-order valence-electron chi connectivity index (χ3n) is 15.4. The summed E-state index contributed by atoms with van der Waals surface area (Å²) in [7, 11) is -10.0. The number of unbranched alkanes of at least 4 members (excludes halogenated alkanes) is 10. The first kappa shape index (κ1) is 101. The molecule has 0 amide bonds. The summed E-state index contributed by atoms with van der Waals surface area (Å²) in [5.41, 5.74) is 0. The molecule has 17 nitrogen and oxygen atoms in total. The van der Waals surface area contributed by atoms with Crippen molar-refractivity contribution in [2.75, 3.05) is 39.6 Å². The molecule has 0 fully saturated rings. The van der Waals surface area contributed by atoms with Crippen LogP contribution in [-0.4, -0.2) is 96.7 Å². The Kier molecular flexibility index (Phi) is 73.7. The van der Waals surface area contributed by atoms with E-state index in [9.17, 15) is 43.2 Å². The number of allylic oxidation sites excluding steroid dienone is 36. The summed E-state index contributed by atoms with van der Waals surface area (Å²) in [5.74, 6) is -2.40. The lowest BCUT2D eigenvalue weighted by Crippen LogP contribution is -2.30. The first-order chi connectivity index (χ1) is 52.7. The van der Waals surface area contributed by atoms with Crippen LogP contribution in [0.2, 0.25) is 0 Å². The lowest BCUT2D eigenvalue weighted by atomic mass is 10.1. The summed E-state index contributed by atoms with van der Waals surface area (Å²) in [6.07, 6.45) is 99.4. The van der Waals surface area contributed by atoms with Gasteiger partial charge in [-0.15, -0.1) is 0 Å². The van der Waals surface area contributed by atoms with Gasteiger partial charge >= 0.3 is 39.5 Å². The molecule has 0 saturated carbocycles. The molecule has 606 valence electrons. The van der Waals surface area contributed by atoms with Crippen LogP contribution in [0, 0.1) is 0 Å². The van der Waals surface area contributed by atoms with E-state index in [1.165, 1.54) is 0 Å². The van der Waals surface area contributed by atoms with Crippen molar-refractivity contribution in [2.24, 2.45) is 0 Å². The number of hydrogen-bond acceptors (Lipinski definition) is 15. The van der Waals surface area contributed by atoms with Crippen molar-refractivity contribution in [3.8, 4) is 0 Å². The second kappa shape index (κ2) is 78.5. The standard InChI is InChI=1S/C89H138O17P2/c1-5-9-13-17-21-25-29-33-37-40-41-44-47-50-54-58-62-66-70-74-87(92)100-79-84(105-88(93)75-71-67-63-59-55-51-45-36-32-28-24-20-16-12-8-4)81-103-107(95,96)101-77-83(90)78-102-108(97,98)104-82-85(106-89(94)76-72-68-64-60-56-52-48-43-39-35-31-27-23-19-15-11-7-3)80-99-86(91)73-69-65-61-57-53-49-46-42-38-34-30-26-22-18-14-10-6-2/h9-16,21-28,33-39,41,44-46,48-50,52,54-55,59,62,66,83-85,90H,5-8,17-20,29-32,40,42-43,47,51,53,56-58,60-61,63-65,67-82H2,1-4H3,(H,95,96)(H,97,98)/b13-9-,14-10-,15-11-,16-12-,25-21-,26-22-,27-23-,28-24-,37-33-,38-34-,39-35-,44-41-,45-36-,49-46-,52-48-,54-50-,59-55-,66-62-. The van der Waals surface area contributed by atoms with E-state index in [0.717, 1.165) is 167 Å². The van der Waals surface area contributed by atoms with Crippen LogP contribution < -0.4 is 0 Å². The average Bonchev–Trinajstić information content (AvgIpc) is 0.901. The topological polar surface area (TPSA) is 237 Å². The zero-order chi connectivity index (χ0) is 78.9. The van der Waals surface area contributed by atoms with Crippen LogP contribution in [0.25, 0.3) is 0 Å². The molecule has 0 aliphatic heterocycles. The van der Waals surface area contributed by atoms with E-state index in [1.807, 2.05) is 24.3 Å². The molecule has 19 heteroatoms. The molecule has 0 aromatic heterocycles. The fourth-order valence-corrected chi connectivity index (χ4v) is 11.1. The molecule has 5 atom stereocenters. The van der Waals surface area contributed by atoms with Gasteiger partial charge in [-0.2, -0.15) is 0 Å². The van der Waals surface area contributed by atoms with Gasteiger partial charge < -0.3 is 33.8 Å². The van der Waals surface area contributed by atoms with Crippen molar-refractivity contribution in [1.29, 1.82) is 0 Å². The second-order valence-corrected chi connectivity index (χ2v) is 28.4. The first-order valence-electron chi connectivity index (χ1n) is 40.0. The summed E-state index contributed by atoms with van der Waals surface area (Å²) in [5, 5.41) is 10.6. The molecular formula is C89H138O17P2. The minimum Gasteiger partial charge on any atom is -0.462 e. The number of hydrogen-bond donors (Lipinski definition) is 3. The Balaban J connectivity index is 5.55. The molecule has 0 radical (unpaired) electrons. The van der Waals surface area contributed by atoms with Gasteiger partial charge in [0, 0.05) is 25.7 Å². The summed E-state index contributed by atoms with van der Waals surface area (Å²) in [6, 6.07) is 0. The SMILES string of the molecule is CC/C=C\C/C=C\C/C=C\C/C=C\C/C=C\C/C=C\CCC(=O)OCC(COP(=O)(O)OCC(O)COP(=O)(O)OCC(COC(=O)CCCCCC/C=C\C/C=C\C/C=C\C/C=C\CC)OC(=O)CCCCCC/C=C\C/C=C\C/C=C\C/C=C\CC)OC(=O)CCCC/C=C\C/C=C\C/C=C\C/C=C\CC. The minimum atomic E-state index is -5.02. The first-order valence-corrected chi connectivity index (χ1v) is 43.0. The van der Waals surface area contributed by atoms with Gasteiger partial charge in [-0.1, -0.05) is 272 Å². The number of aliphatic hydroxyl groups excluding tert-OH is 1. The van der Waals surface area contributed by atoms with E-state index in [0.29, 0.717) is 38.5 Å². The highest BCUT2D eigenvalue weighted by Crippen LogP contribution is 2.45. The molecule has 3 N–H and O–H groups in total. The number of carbonyl (C=O) groups excluding carboxylic acids is 4. The number of phosphoric ester groups is 2. The summed E-state index contributed by atoms with van der Waals surface area (Å²) >= 11 is 0. The van der Waals surface area contributed by atoms with E-state index in [-0.39, 0.29) is 25.7 Å². The van der Waals surface area contributed by atoms with E-state index in [2.05, 4.69) is 222 Å². The lowest BCUT2D eigenvalue weighted by molar-refractivity contribution is -0.161. The monoisotopic (exact) mass is 1540 g/mol. The normalized spacial score (nSPS) is 15.0. The van der Waals surface area contributed by atoms with Gasteiger partial charge in [0.05, 0.1) is 26.4 Å². The molecular weight excluding hydrogens is 1400 g/mol. The van der Waals surface area contributed by atoms with Crippen LogP contribution in [0.4, 0.5) is 0 Å². The van der Waals surface area contributed by atoms with Crippen LogP contribution in [0.15, 0.2) is 219 Å². The van der Waals surface area contributed by atoms with Crippen LogP contribution >= 0.6 is 15.6 Å². The van der Waals surface area contributed by atoms with Crippen LogP contribution in [-0.2, 0) is 65.4 Å². The zero-order valence-electron chi connectivity index (χ0n) is 66.2. The molecule has 0 aromatic rings. The largest absolute Gasteiger partial charge is 0.472 e. The van der Waals surface area contributed by atoms with Crippen molar-refractivity contribution in [1.82, 2.24) is 0 Å². The van der Waals surface area contributed by atoms with Gasteiger partial charge in [0.15, 0.2) is 12.2 Å². The number of ether oxygens (including phenoxy) is 4. The summed E-state index contributed by atoms with van der Waals surface area (Å²) in [4.78, 5) is 73.1. The third kappa shape index (κ3) is 77.5. The van der Waals surface area contributed by atoms with Gasteiger partial charge in [-0.05, 0) is 180 Å². The maximum absolute atomic E-state index is 13.1. The Morgan fingerprint density at radius 1 is 0.259 bits per heavy atom. The van der Waals surface area contributed by atoms with Gasteiger partial charge in [0.25, 0.3) is 0 Å². The molecule has 0 aromatic carbocycles. The molecule has 0 aliphatic carbocycles. The van der Waals surface area contributed by atoms with E-state index in [1.54, 1.807) is 0 Å². The van der Waals surface area contributed by atoms with Crippen LogP contribution in [0.3, 0.4) is 0 Å². The van der Waals surface area contributed by atoms with Gasteiger partial charge in [0.2, 0.25) is 0 Å². The molecule has 0 heterocycles. The zero-order valence-corrected chi connectivity index (χ0v) is 68.0. The molecule has 0 rings (SSSR count). The predicted molar refractivity (Wildman–Crippen MR) is 445 cm³/mol. The molecule has 0 bridgehead atoms. The highest BCUT2D eigenvalue weighted by Gasteiger charge is 2.30. The highest BCUT2D eigenvalue weighted by molar-refractivity contribution is 7.47. The van der Waals surface area contributed by atoms with Gasteiger partial charge in [-0.3, -0.25) is 37.3 Å². The molecule has 108 heavy (non-hydrogen) atoms. The van der Waals surface area contributed by atoms with E-state index < -0.39 is 97.5 Å². The Hall–Kier alpha value is -6.62. The van der Waals surface area contributed by atoms with Crippen molar-refractivity contribution < 1.29 is 80.2 Å². The molecule has 0 spiro atoms. The average molecular weight is 1540 g/mol. The number of phosphoric acid groups is 2. The quantitative estimate of drug-likeness (QED) is 0.0169. The number of esters is 4. The fourth-order valence-electron chi connectivity index (χ4n) is 9.51. The Labute approximate surface area is 651 Å². The Bertz CT molecular complexity index is 2910. The van der Waals surface area contributed by atoms with Crippen LogP contribution in [0.1, 0.15) is 259 Å². The van der Waals surface area contributed by atoms with Crippen molar-refractivity contribution in [2.45, 2.75) is 277 Å². The number of carbonyl (C=O) groups is 4. The highest BCUT2D eigenvalue weighted by atomic mass is 31.2. The Morgan fingerprint density at radius 2 is 0.472 bits per heavy atom. The predicted octanol–water partition coefficient (Wildman–Crippen LogP) is 23.7. The van der Waals surface area contributed by atoms with Crippen molar-refractivity contribution in [3.63, 3.8) is 0 Å². The Morgan fingerprint density at radius 3 is 0.759 bits per heavy atom.